The predicted molar refractivity (Wildman–Crippen MR) is 98.1 cm³/mol. The number of aromatic nitrogens is 3. The van der Waals surface area contributed by atoms with E-state index in [9.17, 15) is 19.2 Å². The van der Waals surface area contributed by atoms with E-state index in [4.69, 9.17) is 0 Å². The maximum absolute atomic E-state index is 12.6. The zero-order chi connectivity index (χ0) is 19.7. The number of hydrogen-bond donors (Lipinski definition) is 2. The van der Waals surface area contributed by atoms with Crippen molar-refractivity contribution in [2.45, 2.75) is 6.92 Å². The summed E-state index contributed by atoms with van der Waals surface area (Å²) in [6.07, 6.45) is 1.27. The van der Waals surface area contributed by atoms with E-state index in [1.807, 2.05) is 0 Å². The fraction of sp³-hybridized carbons (Fsp3) is 0.167. The first kappa shape index (κ1) is 18.1. The number of nitrogens with one attached hydrogen (secondary N) is 2. The van der Waals surface area contributed by atoms with Gasteiger partial charge < -0.3 is 10.1 Å². The smallest absolute Gasteiger partial charge is 0.337 e. The third-order valence-electron chi connectivity index (χ3n) is 4.12. The van der Waals surface area contributed by atoms with E-state index >= 15 is 0 Å². The number of methoxy groups -OCH3 is 1. The third kappa shape index (κ3) is 3.34. The standard InChI is InChI=1S/C18H16N4O5/c1-9-4-5-10(17(25)27-3)7-13(9)20-15(23)11-6-12-14(19-8-11)22(2)18(26)21-16(12)24/h4-8H,1-3H3,(H,20,23)(H,21,24,26). The van der Waals surface area contributed by atoms with E-state index in [0.29, 0.717) is 11.3 Å². The Hall–Kier alpha value is -3.75. The van der Waals surface area contributed by atoms with Gasteiger partial charge in [-0.2, -0.15) is 0 Å². The second kappa shape index (κ2) is 6.87. The van der Waals surface area contributed by atoms with Gasteiger partial charge in [-0.05, 0) is 30.7 Å². The average Bonchev–Trinajstić information content (AvgIpc) is 2.66. The Morgan fingerprint density at radius 1 is 1.19 bits per heavy atom. The lowest BCUT2D eigenvalue weighted by atomic mass is 10.1. The summed E-state index contributed by atoms with van der Waals surface area (Å²) in [6.45, 7) is 1.77. The van der Waals surface area contributed by atoms with E-state index < -0.39 is 23.1 Å². The molecule has 0 fully saturated rings. The summed E-state index contributed by atoms with van der Waals surface area (Å²) in [5, 5.41) is 2.80. The van der Waals surface area contributed by atoms with Crippen LogP contribution in [0.4, 0.5) is 5.69 Å². The van der Waals surface area contributed by atoms with Crippen molar-refractivity contribution in [3.63, 3.8) is 0 Å². The molecule has 9 heteroatoms. The van der Waals surface area contributed by atoms with E-state index in [2.05, 4.69) is 20.0 Å². The van der Waals surface area contributed by atoms with Crippen LogP contribution in [-0.2, 0) is 11.8 Å². The number of pyridine rings is 1. The molecule has 3 rings (SSSR count). The molecule has 0 saturated carbocycles. The zero-order valence-corrected chi connectivity index (χ0v) is 14.8. The first-order valence-electron chi connectivity index (χ1n) is 7.91. The molecule has 0 bridgehead atoms. The SMILES string of the molecule is COC(=O)c1ccc(C)c(NC(=O)c2cnc3c(c2)c(=O)[nH]c(=O)n3C)c1. The van der Waals surface area contributed by atoms with Crippen LogP contribution in [0.15, 0.2) is 40.1 Å². The van der Waals surface area contributed by atoms with Gasteiger partial charge in [-0.25, -0.2) is 14.6 Å². The zero-order valence-electron chi connectivity index (χ0n) is 14.8. The molecule has 0 aliphatic carbocycles. The second-order valence-corrected chi connectivity index (χ2v) is 5.89. The Morgan fingerprint density at radius 3 is 2.63 bits per heavy atom. The number of aryl methyl sites for hydroxylation is 2. The first-order chi connectivity index (χ1) is 12.8. The molecule has 2 aromatic heterocycles. The fourth-order valence-corrected chi connectivity index (χ4v) is 2.56. The highest BCUT2D eigenvalue weighted by Crippen LogP contribution is 2.19. The molecule has 27 heavy (non-hydrogen) atoms. The highest BCUT2D eigenvalue weighted by Gasteiger charge is 2.14. The molecule has 9 nitrogen and oxygen atoms in total. The van der Waals surface area contributed by atoms with E-state index in [-0.39, 0.29) is 16.6 Å². The summed E-state index contributed by atoms with van der Waals surface area (Å²) in [4.78, 5) is 54.1. The molecule has 138 valence electrons. The summed E-state index contributed by atoms with van der Waals surface area (Å²) in [7, 11) is 2.74. The van der Waals surface area contributed by atoms with Crippen LogP contribution in [0.25, 0.3) is 11.0 Å². The summed E-state index contributed by atoms with van der Waals surface area (Å²) in [5.41, 5.74) is 0.550. The van der Waals surface area contributed by atoms with E-state index in [1.165, 1.54) is 37.1 Å². The molecular weight excluding hydrogens is 352 g/mol. The Balaban J connectivity index is 1.99. The third-order valence-corrected chi connectivity index (χ3v) is 4.12. The Bertz CT molecular complexity index is 1190. The lowest BCUT2D eigenvalue weighted by Gasteiger charge is -2.10. The molecule has 0 atom stereocenters. The number of esters is 1. The Labute approximate surface area is 152 Å². The second-order valence-electron chi connectivity index (χ2n) is 5.89. The van der Waals surface area contributed by atoms with Gasteiger partial charge in [-0.15, -0.1) is 0 Å². The molecule has 0 aliphatic rings. The molecule has 0 saturated heterocycles. The minimum atomic E-state index is -0.626. The van der Waals surface area contributed by atoms with Gasteiger partial charge in [0.1, 0.15) is 5.65 Å². The summed E-state index contributed by atoms with van der Waals surface area (Å²) in [6, 6.07) is 6.13. The number of carbonyl (C=O) groups excluding carboxylic acids is 2. The van der Waals surface area contributed by atoms with Gasteiger partial charge in [0, 0.05) is 18.9 Å². The van der Waals surface area contributed by atoms with Gasteiger partial charge in [-0.1, -0.05) is 6.07 Å². The fourth-order valence-electron chi connectivity index (χ4n) is 2.56. The topological polar surface area (TPSA) is 123 Å². The monoisotopic (exact) mass is 368 g/mol. The minimum absolute atomic E-state index is 0.116. The van der Waals surface area contributed by atoms with Crippen molar-refractivity contribution >= 4 is 28.6 Å². The quantitative estimate of drug-likeness (QED) is 0.664. The molecule has 2 N–H and O–H groups in total. The normalized spacial score (nSPS) is 10.6. The number of H-pyrrole nitrogens is 1. The molecule has 2 heterocycles. The highest BCUT2D eigenvalue weighted by atomic mass is 16.5. The van der Waals surface area contributed by atoms with Crippen molar-refractivity contribution in [3.8, 4) is 0 Å². The van der Waals surface area contributed by atoms with Crippen LogP contribution in [-0.4, -0.2) is 33.5 Å². The van der Waals surface area contributed by atoms with Crippen molar-refractivity contribution in [1.29, 1.82) is 0 Å². The van der Waals surface area contributed by atoms with Crippen LogP contribution in [0.5, 0.6) is 0 Å². The molecule has 0 radical (unpaired) electrons. The first-order valence-corrected chi connectivity index (χ1v) is 7.91. The van der Waals surface area contributed by atoms with Gasteiger partial charge in [0.25, 0.3) is 11.5 Å². The molecule has 3 aromatic rings. The molecule has 0 aliphatic heterocycles. The van der Waals surface area contributed by atoms with Crippen LogP contribution in [0.2, 0.25) is 0 Å². The number of nitrogens with zero attached hydrogens (tertiary/aromatic N) is 2. The summed E-state index contributed by atoms with van der Waals surface area (Å²) in [5.74, 6) is -1.03. The van der Waals surface area contributed by atoms with Gasteiger partial charge in [0.2, 0.25) is 0 Å². The van der Waals surface area contributed by atoms with Crippen LogP contribution >= 0.6 is 0 Å². The van der Waals surface area contributed by atoms with Crippen molar-refractivity contribution in [3.05, 3.63) is 68.0 Å². The van der Waals surface area contributed by atoms with Crippen LogP contribution in [0.1, 0.15) is 26.3 Å². The predicted octanol–water partition coefficient (Wildman–Crippen LogP) is 0.969. The van der Waals surface area contributed by atoms with Crippen molar-refractivity contribution in [2.24, 2.45) is 7.05 Å². The molecule has 1 aromatic carbocycles. The highest BCUT2D eigenvalue weighted by molar-refractivity contribution is 6.06. The maximum Gasteiger partial charge on any atom is 0.337 e. The number of rotatable bonds is 3. The lowest BCUT2D eigenvalue weighted by molar-refractivity contribution is 0.0600. The van der Waals surface area contributed by atoms with Crippen LogP contribution in [0, 0.1) is 6.92 Å². The molecule has 0 unspecified atom stereocenters. The number of aromatic amines is 1. The Morgan fingerprint density at radius 2 is 1.93 bits per heavy atom. The summed E-state index contributed by atoms with van der Waals surface area (Å²) < 4.78 is 5.86. The molecular formula is C18H16N4O5. The average molecular weight is 368 g/mol. The maximum atomic E-state index is 12.6. The molecule has 0 spiro atoms. The van der Waals surface area contributed by atoms with E-state index in [0.717, 1.165) is 5.56 Å². The lowest BCUT2D eigenvalue weighted by Crippen LogP contribution is -2.29. The largest absolute Gasteiger partial charge is 0.465 e. The van der Waals surface area contributed by atoms with Crippen molar-refractivity contribution in [1.82, 2.24) is 14.5 Å². The van der Waals surface area contributed by atoms with Gasteiger partial charge >= 0.3 is 11.7 Å². The van der Waals surface area contributed by atoms with E-state index in [1.54, 1.807) is 19.1 Å². The number of ether oxygens (including phenoxy) is 1. The number of anilines is 1. The Kier molecular flexibility index (Phi) is 4.59. The van der Waals surface area contributed by atoms with Crippen molar-refractivity contribution in [2.75, 3.05) is 12.4 Å². The van der Waals surface area contributed by atoms with Crippen LogP contribution < -0.4 is 16.6 Å². The molecule has 1 amide bonds. The van der Waals surface area contributed by atoms with Gasteiger partial charge in [0.05, 0.1) is 23.6 Å². The van der Waals surface area contributed by atoms with Crippen LogP contribution in [0.3, 0.4) is 0 Å². The summed E-state index contributed by atoms with van der Waals surface area (Å²) >= 11 is 0. The number of fused-ring (bicyclic) bond motifs is 1. The number of amides is 1. The van der Waals surface area contributed by atoms with Gasteiger partial charge in [0.15, 0.2) is 0 Å². The number of hydrogen-bond acceptors (Lipinski definition) is 6. The number of carbonyl (C=O) groups is 2. The number of benzene rings is 1. The van der Waals surface area contributed by atoms with Gasteiger partial charge in [-0.3, -0.25) is 19.1 Å². The van der Waals surface area contributed by atoms with Crippen molar-refractivity contribution < 1.29 is 14.3 Å². The minimum Gasteiger partial charge on any atom is -0.465 e.